The number of fused-ring (bicyclic) bond motifs is 4. The number of likely N-dealkylation sites (tertiary alicyclic amines) is 1. The predicted octanol–water partition coefficient (Wildman–Crippen LogP) is 1.55. The van der Waals surface area contributed by atoms with Gasteiger partial charge in [0.15, 0.2) is 0 Å². The summed E-state index contributed by atoms with van der Waals surface area (Å²) in [4.78, 5) is 41.1. The highest BCUT2D eigenvalue weighted by molar-refractivity contribution is 6.32. The molecule has 0 aliphatic carbocycles. The molecule has 150 valence electrons. The molecule has 0 saturated carbocycles. The summed E-state index contributed by atoms with van der Waals surface area (Å²) in [7, 11) is 0. The molecule has 3 aliphatic rings. The van der Waals surface area contributed by atoms with Crippen LogP contribution in [0.4, 0.5) is 5.69 Å². The average molecular weight is 406 g/mol. The van der Waals surface area contributed by atoms with Gasteiger partial charge in [0.2, 0.25) is 17.7 Å². The number of aliphatic hydroxyl groups excluding tert-OH is 1. The summed E-state index contributed by atoms with van der Waals surface area (Å²) in [5.41, 5.74) is 0.479. The number of carbonyl (C=O) groups excluding carboxylic acids is 3. The van der Waals surface area contributed by atoms with Gasteiger partial charge in [0.1, 0.15) is 5.54 Å². The number of aliphatic hydroxyl groups is 1. The van der Waals surface area contributed by atoms with E-state index in [0.29, 0.717) is 28.3 Å². The Balaban J connectivity index is 1.93. The molecule has 0 aromatic heterocycles. The molecule has 0 unspecified atom stereocenters. The standard InChI is InChI=1S/C20H24ClN3O4/c1-5-8(2)24-17(26)13-14(18(24)27)20(23-16(13)10(4)25)11-6-7-12(21)9(3)15(11)22-19(20)28/h6-8,10,13-14,16,23,25H,5H2,1-4H3,(H,22,28)/t8-,10-,13+,14+,16-,20-/m1/s1. The van der Waals surface area contributed by atoms with Crippen LogP contribution in [0.5, 0.6) is 0 Å². The van der Waals surface area contributed by atoms with Crippen molar-refractivity contribution in [3.63, 3.8) is 0 Å². The highest BCUT2D eigenvalue weighted by atomic mass is 35.5. The minimum atomic E-state index is -1.40. The zero-order chi connectivity index (χ0) is 20.5. The van der Waals surface area contributed by atoms with Crippen molar-refractivity contribution in [1.82, 2.24) is 10.2 Å². The van der Waals surface area contributed by atoms with Crippen molar-refractivity contribution in [3.05, 3.63) is 28.3 Å². The number of amides is 3. The molecular formula is C20H24ClN3O4. The molecule has 3 N–H and O–H groups in total. The zero-order valence-corrected chi connectivity index (χ0v) is 17.0. The van der Waals surface area contributed by atoms with Crippen LogP contribution in [0.2, 0.25) is 5.02 Å². The summed E-state index contributed by atoms with van der Waals surface area (Å²) in [6.07, 6.45) is -0.292. The van der Waals surface area contributed by atoms with E-state index in [1.807, 2.05) is 13.8 Å². The Morgan fingerprint density at radius 2 is 1.93 bits per heavy atom. The first-order valence-electron chi connectivity index (χ1n) is 9.60. The van der Waals surface area contributed by atoms with Crippen LogP contribution in [0.15, 0.2) is 12.1 Å². The molecule has 3 heterocycles. The maximum Gasteiger partial charge on any atom is 0.250 e. The number of hydrogen-bond acceptors (Lipinski definition) is 5. The first-order valence-corrected chi connectivity index (χ1v) is 9.98. The Labute approximate surface area is 168 Å². The second kappa shape index (κ2) is 6.27. The van der Waals surface area contributed by atoms with Gasteiger partial charge in [0.05, 0.1) is 23.6 Å². The zero-order valence-electron chi connectivity index (χ0n) is 16.2. The summed E-state index contributed by atoms with van der Waals surface area (Å²) in [6, 6.07) is 2.44. The minimum Gasteiger partial charge on any atom is -0.392 e. The molecule has 2 saturated heterocycles. The number of imide groups is 1. The molecule has 2 fully saturated rings. The Morgan fingerprint density at radius 3 is 2.54 bits per heavy atom. The van der Waals surface area contributed by atoms with Crippen molar-refractivity contribution in [3.8, 4) is 0 Å². The van der Waals surface area contributed by atoms with Gasteiger partial charge in [-0.3, -0.25) is 24.6 Å². The highest BCUT2D eigenvalue weighted by Gasteiger charge is 2.71. The van der Waals surface area contributed by atoms with Gasteiger partial charge in [-0.05, 0) is 38.8 Å². The van der Waals surface area contributed by atoms with Gasteiger partial charge in [-0.25, -0.2) is 0 Å². The third-order valence-corrected chi connectivity index (χ3v) is 7.01. The number of benzene rings is 1. The van der Waals surface area contributed by atoms with Gasteiger partial charge in [-0.2, -0.15) is 0 Å². The summed E-state index contributed by atoms with van der Waals surface area (Å²) in [5.74, 6) is -2.79. The lowest BCUT2D eigenvalue weighted by Crippen LogP contribution is -2.55. The first-order chi connectivity index (χ1) is 13.2. The van der Waals surface area contributed by atoms with Crippen molar-refractivity contribution < 1.29 is 19.5 Å². The number of anilines is 1. The van der Waals surface area contributed by atoms with E-state index in [-0.39, 0.29) is 17.9 Å². The predicted molar refractivity (Wildman–Crippen MR) is 104 cm³/mol. The lowest BCUT2D eigenvalue weighted by molar-refractivity contribution is -0.145. The Kier molecular flexibility index (Phi) is 4.34. The number of hydrogen-bond donors (Lipinski definition) is 3. The fourth-order valence-electron chi connectivity index (χ4n) is 4.97. The summed E-state index contributed by atoms with van der Waals surface area (Å²) in [5, 5.41) is 16.9. The summed E-state index contributed by atoms with van der Waals surface area (Å²) >= 11 is 6.22. The monoisotopic (exact) mass is 405 g/mol. The van der Waals surface area contributed by atoms with Crippen molar-refractivity contribution >= 4 is 35.0 Å². The quantitative estimate of drug-likeness (QED) is 0.663. The van der Waals surface area contributed by atoms with Crippen LogP contribution in [0.25, 0.3) is 0 Å². The summed E-state index contributed by atoms with van der Waals surface area (Å²) in [6.45, 7) is 7.09. The van der Waals surface area contributed by atoms with E-state index >= 15 is 0 Å². The smallest absolute Gasteiger partial charge is 0.250 e. The molecule has 1 aromatic rings. The van der Waals surface area contributed by atoms with Crippen LogP contribution in [-0.2, 0) is 19.9 Å². The van der Waals surface area contributed by atoms with Gasteiger partial charge in [0.25, 0.3) is 0 Å². The number of halogens is 1. The Bertz CT molecular complexity index is 902. The molecule has 3 amide bonds. The van der Waals surface area contributed by atoms with Crippen LogP contribution in [0, 0.1) is 18.8 Å². The molecule has 8 heteroatoms. The normalized spacial score (nSPS) is 33.3. The van der Waals surface area contributed by atoms with Crippen LogP contribution < -0.4 is 10.6 Å². The van der Waals surface area contributed by atoms with E-state index in [1.165, 1.54) is 4.90 Å². The lowest BCUT2D eigenvalue weighted by Gasteiger charge is -2.31. The Hall–Kier alpha value is -1.96. The molecule has 1 aromatic carbocycles. The van der Waals surface area contributed by atoms with Gasteiger partial charge in [-0.15, -0.1) is 0 Å². The largest absolute Gasteiger partial charge is 0.392 e. The molecule has 1 spiro atoms. The number of carbonyl (C=O) groups is 3. The van der Waals surface area contributed by atoms with Gasteiger partial charge < -0.3 is 10.4 Å². The third-order valence-electron chi connectivity index (χ3n) is 6.60. The molecule has 4 rings (SSSR count). The van der Waals surface area contributed by atoms with Crippen molar-refractivity contribution in [2.24, 2.45) is 11.8 Å². The fraction of sp³-hybridized carbons (Fsp3) is 0.550. The van der Waals surface area contributed by atoms with E-state index in [1.54, 1.807) is 26.0 Å². The van der Waals surface area contributed by atoms with Crippen molar-refractivity contribution in [1.29, 1.82) is 0 Å². The van der Waals surface area contributed by atoms with E-state index in [2.05, 4.69) is 10.6 Å². The van der Waals surface area contributed by atoms with Gasteiger partial charge in [0, 0.05) is 22.7 Å². The number of nitrogens with one attached hydrogen (secondary N) is 2. The SMILES string of the molecule is CC[C@@H](C)N1C(=O)[C@@H]2[C@@H]([C@@H](C)O)N[C@@]3(C(=O)Nc4c3ccc(Cl)c4C)[C@@H]2C1=O. The van der Waals surface area contributed by atoms with E-state index < -0.39 is 35.4 Å². The molecule has 6 atom stereocenters. The lowest BCUT2D eigenvalue weighted by atomic mass is 9.76. The number of rotatable bonds is 3. The minimum absolute atomic E-state index is 0.270. The molecule has 3 aliphatic heterocycles. The van der Waals surface area contributed by atoms with Gasteiger partial charge in [-0.1, -0.05) is 24.6 Å². The molecule has 0 bridgehead atoms. The molecule has 28 heavy (non-hydrogen) atoms. The maximum atomic E-state index is 13.4. The second-order valence-corrected chi connectivity index (χ2v) is 8.48. The third kappa shape index (κ3) is 2.21. The van der Waals surface area contributed by atoms with Crippen LogP contribution in [0.1, 0.15) is 38.3 Å². The number of nitrogens with zero attached hydrogens (tertiary/aromatic N) is 1. The van der Waals surface area contributed by atoms with E-state index in [4.69, 9.17) is 11.6 Å². The van der Waals surface area contributed by atoms with Crippen LogP contribution in [-0.4, -0.2) is 45.9 Å². The van der Waals surface area contributed by atoms with E-state index in [0.717, 1.165) is 0 Å². The topological polar surface area (TPSA) is 98.7 Å². The second-order valence-electron chi connectivity index (χ2n) is 8.08. The van der Waals surface area contributed by atoms with Crippen LogP contribution >= 0.6 is 11.6 Å². The maximum absolute atomic E-state index is 13.4. The first kappa shape index (κ1) is 19.4. The summed E-state index contributed by atoms with van der Waals surface area (Å²) < 4.78 is 0. The van der Waals surface area contributed by atoms with Crippen molar-refractivity contribution in [2.45, 2.75) is 57.8 Å². The van der Waals surface area contributed by atoms with Crippen molar-refractivity contribution in [2.75, 3.05) is 5.32 Å². The Morgan fingerprint density at radius 1 is 1.25 bits per heavy atom. The van der Waals surface area contributed by atoms with Crippen LogP contribution in [0.3, 0.4) is 0 Å². The molecular weight excluding hydrogens is 382 g/mol. The highest BCUT2D eigenvalue weighted by Crippen LogP contribution is 2.54. The average Bonchev–Trinajstić information content (AvgIpc) is 3.24. The molecule has 7 nitrogen and oxygen atoms in total. The molecule has 0 radical (unpaired) electrons. The van der Waals surface area contributed by atoms with E-state index in [9.17, 15) is 19.5 Å². The fourth-order valence-corrected chi connectivity index (χ4v) is 5.13. The van der Waals surface area contributed by atoms with Gasteiger partial charge >= 0.3 is 0 Å².